The van der Waals surface area contributed by atoms with Gasteiger partial charge in [-0.3, -0.25) is 14.2 Å². The lowest BCUT2D eigenvalue weighted by atomic mass is 9.97. The summed E-state index contributed by atoms with van der Waals surface area (Å²) in [6, 6.07) is 5.65. The Bertz CT molecular complexity index is 1460. The molecule has 190 valence electrons. The minimum Gasteiger partial charge on any atom is -0.354 e. The highest BCUT2D eigenvalue weighted by Gasteiger charge is 2.24. The van der Waals surface area contributed by atoms with E-state index in [0.29, 0.717) is 22.4 Å². The largest absolute Gasteiger partial charge is 0.354 e. The second-order valence-corrected chi connectivity index (χ2v) is 11.3. The lowest BCUT2D eigenvalue weighted by molar-refractivity contribution is -0.121. The number of hydrogen-bond donors (Lipinski definition) is 1. The van der Waals surface area contributed by atoms with Crippen molar-refractivity contribution in [1.82, 2.24) is 14.5 Å². The van der Waals surface area contributed by atoms with E-state index in [9.17, 15) is 14.4 Å². The van der Waals surface area contributed by atoms with Crippen molar-refractivity contribution >= 4 is 27.5 Å². The van der Waals surface area contributed by atoms with E-state index in [0.717, 1.165) is 68.1 Å². The first-order chi connectivity index (χ1) is 17.4. The molecule has 3 aromatic rings. The summed E-state index contributed by atoms with van der Waals surface area (Å²) in [7, 11) is 0. The SMILES string of the molecule is Cc1ccc(-n2c(=O)c3c4c(sc3n(CC(=O)NCCC3=CCCCC3)c2=O)CCCCC4)cc1C. The number of carbonyl (C=O) groups is 1. The van der Waals surface area contributed by atoms with Crippen molar-refractivity contribution in [2.75, 3.05) is 6.54 Å². The monoisotopic (exact) mass is 505 g/mol. The molecule has 36 heavy (non-hydrogen) atoms. The van der Waals surface area contributed by atoms with Gasteiger partial charge in [0, 0.05) is 11.4 Å². The van der Waals surface area contributed by atoms with E-state index in [4.69, 9.17) is 0 Å². The molecule has 0 saturated carbocycles. The van der Waals surface area contributed by atoms with Crippen LogP contribution in [0, 0.1) is 13.8 Å². The molecule has 0 aliphatic heterocycles. The molecule has 1 aromatic carbocycles. The Morgan fingerprint density at radius 1 is 1.00 bits per heavy atom. The highest BCUT2D eigenvalue weighted by molar-refractivity contribution is 7.18. The molecule has 2 heterocycles. The van der Waals surface area contributed by atoms with E-state index in [-0.39, 0.29) is 18.0 Å². The summed E-state index contributed by atoms with van der Waals surface area (Å²) >= 11 is 1.53. The number of aromatic nitrogens is 2. The number of thiophene rings is 1. The molecule has 0 bridgehead atoms. The van der Waals surface area contributed by atoms with Gasteiger partial charge >= 0.3 is 5.69 Å². The van der Waals surface area contributed by atoms with Crippen molar-refractivity contribution in [3.8, 4) is 5.69 Å². The number of allylic oxidation sites excluding steroid dienone is 1. The van der Waals surface area contributed by atoms with Crippen molar-refractivity contribution in [3.63, 3.8) is 0 Å². The van der Waals surface area contributed by atoms with Gasteiger partial charge < -0.3 is 5.32 Å². The van der Waals surface area contributed by atoms with Crippen LogP contribution in [0.5, 0.6) is 0 Å². The van der Waals surface area contributed by atoms with Gasteiger partial charge in [-0.1, -0.05) is 24.1 Å². The summed E-state index contributed by atoms with van der Waals surface area (Å²) in [6.45, 7) is 4.47. The zero-order chi connectivity index (χ0) is 25.2. The number of hydrogen-bond acceptors (Lipinski definition) is 4. The first-order valence-electron chi connectivity index (χ1n) is 13.3. The van der Waals surface area contributed by atoms with Crippen LogP contribution in [0.25, 0.3) is 15.9 Å². The number of nitrogens with one attached hydrogen (secondary N) is 1. The maximum Gasteiger partial charge on any atom is 0.337 e. The lowest BCUT2D eigenvalue weighted by Gasteiger charge is -2.15. The fourth-order valence-corrected chi connectivity index (χ4v) is 6.84. The molecule has 0 saturated heterocycles. The van der Waals surface area contributed by atoms with Crippen molar-refractivity contribution in [2.45, 2.75) is 84.6 Å². The van der Waals surface area contributed by atoms with Gasteiger partial charge in [0.2, 0.25) is 5.91 Å². The molecular weight excluding hydrogens is 470 g/mol. The fraction of sp³-hybridized carbons (Fsp3) is 0.483. The Kier molecular flexibility index (Phi) is 7.28. The molecule has 0 unspecified atom stereocenters. The molecule has 0 atom stereocenters. The highest BCUT2D eigenvalue weighted by Crippen LogP contribution is 2.33. The number of rotatable bonds is 6. The molecule has 5 rings (SSSR count). The smallest absolute Gasteiger partial charge is 0.337 e. The van der Waals surface area contributed by atoms with Crippen LogP contribution in [0.3, 0.4) is 0 Å². The molecule has 0 spiro atoms. The summed E-state index contributed by atoms with van der Waals surface area (Å²) < 4.78 is 2.80. The number of carbonyl (C=O) groups excluding carboxylic acids is 1. The number of benzene rings is 1. The van der Waals surface area contributed by atoms with Crippen LogP contribution < -0.4 is 16.6 Å². The number of amides is 1. The molecule has 1 N–H and O–H groups in total. The molecule has 2 aromatic heterocycles. The van der Waals surface area contributed by atoms with Crippen LogP contribution in [0.1, 0.15) is 72.9 Å². The topological polar surface area (TPSA) is 73.1 Å². The van der Waals surface area contributed by atoms with Crippen molar-refractivity contribution in [2.24, 2.45) is 0 Å². The Labute approximate surface area is 215 Å². The maximum absolute atomic E-state index is 13.8. The minimum atomic E-state index is -0.447. The zero-order valence-electron chi connectivity index (χ0n) is 21.3. The van der Waals surface area contributed by atoms with Crippen molar-refractivity contribution in [3.05, 3.63) is 72.3 Å². The number of nitrogens with zero attached hydrogens (tertiary/aromatic N) is 2. The third kappa shape index (κ3) is 4.85. The van der Waals surface area contributed by atoms with Crippen LogP contribution >= 0.6 is 11.3 Å². The predicted octanol–water partition coefficient (Wildman–Crippen LogP) is 5.11. The third-order valence-electron chi connectivity index (χ3n) is 7.69. The Balaban J connectivity index is 1.55. The van der Waals surface area contributed by atoms with Crippen molar-refractivity contribution in [1.29, 1.82) is 0 Å². The minimum absolute atomic E-state index is 0.0844. The fourth-order valence-electron chi connectivity index (χ4n) is 5.47. The van der Waals surface area contributed by atoms with Gasteiger partial charge in [-0.25, -0.2) is 9.36 Å². The van der Waals surface area contributed by atoms with Gasteiger partial charge in [0.15, 0.2) is 0 Å². The summed E-state index contributed by atoms with van der Waals surface area (Å²) in [4.78, 5) is 42.4. The van der Waals surface area contributed by atoms with Crippen LogP contribution in [-0.2, 0) is 24.2 Å². The van der Waals surface area contributed by atoms with Gasteiger partial charge in [-0.05, 0) is 100 Å². The van der Waals surface area contributed by atoms with Crippen molar-refractivity contribution < 1.29 is 4.79 Å². The van der Waals surface area contributed by atoms with E-state index < -0.39 is 5.69 Å². The second kappa shape index (κ2) is 10.6. The van der Waals surface area contributed by atoms with Gasteiger partial charge in [-0.15, -0.1) is 11.3 Å². The average Bonchev–Trinajstić information content (AvgIpc) is 3.07. The number of fused-ring (bicyclic) bond motifs is 3. The quantitative estimate of drug-likeness (QED) is 0.374. The predicted molar refractivity (Wildman–Crippen MR) is 147 cm³/mol. The summed E-state index contributed by atoms with van der Waals surface area (Å²) in [5.74, 6) is -0.191. The van der Waals surface area contributed by atoms with E-state index in [1.807, 2.05) is 32.0 Å². The van der Waals surface area contributed by atoms with Crippen LogP contribution in [0.15, 0.2) is 39.4 Å². The maximum atomic E-state index is 13.8. The summed E-state index contributed by atoms with van der Waals surface area (Å²) in [5.41, 5.74) is 4.45. The molecular formula is C29H35N3O3S. The standard InChI is InChI=1S/C29H35N3O3S/c1-19-13-14-22(17-20(19)2)32-27(34)26-23-11-7-4-8-12-24(23)36-28(26)31(29(32)35)18-25(33)30-16-15-21-9-5-3-6-10-21/h9,13-14,17H,3-8,10-12,15-16,18H2,1-2H3,(H,30,33). The van der Waals surface area contributed by atoms with Crippen LogP contribution in [-0.4, -0.2) is 21.6 Å². The first kappa shape index (κ1) is 24.8. The van der Waals surface area contributed by atoms with Gasteiger partial charge in [0.25, 0.3) is 5.56 Å². The second-order valence-electron chi connectivity index (χ2n) is 10.2. The first-order valence-corrected chi connectivity index (χ1v) is 14.1. The Morgan fingerprint density at radius 2 is 1.81 bits per heavy atom. The molecule has 2 aliphatic carbocycles. The molecule has 2 aliphatic rings. The molecule has 0 fully saturated rings. The number of aryl methyl sites for hydroxylation is 4. The van der Waals surface area contributed by atoms with Gasteiger partial charge in [0.1, 0.15) is 11.4 Å². The third-order valence-corrected chi connectivity index (χ3v) is 9.01. The molecule has 0 radical (unpaired) electrons. The Hall–Kier alpha value is -2.93. The van der Waals surface area contributed by atoms with E-state index in [1.54, 1.807) is 0 Å². The van der Waals surface area contributed by atoms with Crippen LogP contribution in [0.2, 0.25) is 0 Å². The molecule has 1 amide bonds. The highest BCUT2D eigenvalue weighted by atomic mass is 32.1. The molecule has 7 heteroatoms. The molecule has 6 nitrogen and oxygen atoms in total. The van der Waals surface area contributed by atoms with E-state index in [2.05, 4.69) is 11.4 Å². The van der Waals surface area contributed by atoms with Gasteiger partial charge in [-0.2, -0.15) is 0 Å². The van der Waals surface area contributed by atoms with E-state index in [1.165, 1.54) is 43.8 Å². The van der Waals surface area contributed by atoms with Crippen LogP contribution in [0.4, 0.5) is 0 Å². The Morgan fingerprint density at radius 3 is 2.58 bits per heavy atom. The summed E-state index contributed by atoms with van der Waals surface area (Å²) in [6.07, 6.45) is 12.9. The normalized spacial score (nSPS) is 15.9. The van der Waals surface area contributed by atoms with E-state index >= 15 is 0 Å². The zero-order valence-corrected chi connectivity index (χ0v) is 22.1. The summed E-state index contributed by atoms with van der Waals surface area (Å²) in [5, 5.41) is 3.63. The average molecular weight is 506 g/mol. The lowest BCUT2D eigenvalue weighted by Crippen LogP contribution is -2.41. The van der Waals surface area contributed by atoms with Gasteiger partial charge in [0.05, 0.1) is 11.1 Å².